The van der Waals surface area contributed by atoms with Crippen LogP contribution >= 0.6 is 11.6 Å². The third kappa shape index (κ3) is 3.51. The zero-order chi connectivity index (χ0) is 12.1. The third-order valence-electron chi connectivity index (χ3n) is 2.45. The molecule has 0 bridgehead atoms. The third-order valence-corrected chi connectivity index (χ3v) is 2.70. The molecule has 0 aliphatic carbocycles. The molecule has 0 spiro atoms. The van der Waals surface area contributed by atoms with Gasteiger partial charge in [0.2, 0.25) is 5.91 Å². The lowest BCUT2D eigenvalue weighted by Gasteiger charge is -2.17. The summed E-state index contributed by atoms with van der Waals surface area (Å²) in [7, 11) is 0. The van der Waals surface area contributed by atoms with Gasteiger partial charge in [0.15, 0.2) is 0 Å². The molecule has 0 aliphatic heterocycles. The molecule has 0 aromatic heterocycles. The number of aliphatic hydroxyl groups is 1. The minimum absolute atomic E-state index is 0.109. The Labute approximate surface area is 100 Å². The van der Waals surface area contributed by atoms with Gasteiger partial charge in [0.1, 0.15) is 0 Å². The Morgan fingerprint density at radius 2 is 1.94 bits per heavy atom. The van der Waals surface area contributed by atoms with Crippen molar-refractivity contribution in [3.63, 3.8) is 0 Å². The highest BCUT2D eigenvalue weighted by Crippen LogP contribution is 2.16. The van der Waals surface area contributed by atoms with Crippen LogP contribution in [0.5, 0.6) is 0 Å². The van der Waals surface area contributed by atoms with Gasteiger partial charge in [-0.05, 0) is 30.2 Å². The molecule has 1 rings (SSSR count). The van der Waals surface area contributed by atoms with Gasteiger partial charge < -0.3 is 10.4 Å². The maximum absolute atomic E-state index is 11.8. The van der Waals surface area contributed by atoms with Crippen molar-refractivity contribution in [2.45, 2.75) is 13.8 Å². The molecule has 1 aromatic carbocycles. The summed E-state index contributed by atoms with van der Waals surface area (Å²) >= 11 is 5.74. The van der Waals surface area contributed by atoms with E-state index in [9.17, 15) is 4.79 Å². The normalized spacial score (nSPS) is 12.6. The maximum Gasteiger partial charge on any atom is 0.230 e. The van der Waals surface area contributed by atoms with E-state index in [0.717, 1.165) is 0 Å². The smallest absolute Gasteiger partial charge is 0.230 e. The second-order valence-corrected chi connectivity index (χ2v) is 4.47. The summed E-state index contributed by atoms with van der Waals surface area (Å²) in [5, 5.41) is 12.5. The van der Waals surface area contributed by atoms with Crippen LogP contribution in [0.2, 0.25) is 5.02 Å². The predicted molar refractivity (Wildman–Crippen MR) is 65.5 cm³/mol. The van der Waals surface area contributed by atoms with Crippen LogP contribution in [0.3, 0.4) is 0 Å². The van der Waals surface area contributed by atoms with E-state index < -0.39 is 0 Å². The van der Waals surface area contributed by atoms with Gasteiger partial charge in [0.05, 0.1) is 12.5 Å². The van der Waals surface area contributed by atoms with Gasteiger partial charge in [-0.3, -0.25) is 4.79 Å². The van der Waals surface area contributed by atoms with Crippen LogP contribution in [0.4, 0.5) is 5.69 Å². The Morgan fingerprint density at radius 3 is 2.38 bits per heavy atom. The molecule has 1 atom stereocenters. The Kier molecular flexibility index (Phi) is 4.77. The number of halogens is 1. The monoisotopic (exact) mass is 241 g/mol. The van der Waals surface area contributed by atoms with Crippen LogP contribution in [0.15, 0.2) is 24.3 Å². The highest BCUT2D eigenvalue weighted by Gasteiger charge is 2.20. The number of nitrogens with one attached hydrogen (secondary N) is 1. The van der Waals surface area contributed by atoms with Gasteiger partial charge in [-0.2, -0.15) is 0 Å². The molecule has 1 unspecified atom stereocenters. The maximum atomic E-state index is 11.8. The molecule has 88 valence electrons. The highest BCUT2D eigenvalue weighted by atomic mass is 35.5. The summed E-state index contributed by atoms with van der Waals surface area (Å²) in [6.07, 6.45) is 0. The van der Waals surface area contributed by atoms with E-state index in [-0.39, 0.29) is 24.3 Å². The van der Waals surface area contributed by atoms with E-state index in [1.54, 1.807) is 24.3 Å². The second kappa shape index (κ2) is 5.87. The fourth-order valence-electron chi connectivity index (χ4n) is 1.36. The minimum atomic E-state index is -0.379. The average molecular weight is 242 g/mol. The fraction of sp³-hybridized carbons (Fsp3) is 0.417. The zero-order valence-corrected chi connectivity index (χ0v) is 10.2. The Balaban J connectivity index is 2.66. The number of amides is 1. The summed E-state index contributed by atoms with van der Waals surface area (Å²) < 4.78 is 0. The number of aliphatic hydroxyl groups excluding tert-OH is 1. The van der Waals surface area contributed by atoms with Gasteiger partial charge >= 0.3 is 0 Å². The van der Waals surface area contributed by atoms with Gasteiger partial charge in [-0.15, -0.1) is 0 Å². The van der Waals surface area contributed by atoms with Crippen LogP contribution < -0.4 is 5.32 Å². The van der Waals surface area contributed by atoms with E-state index in [0.29, 0.717) is 10.7 Å². The number of benzene rings is 1. The van der Waals surface area contributed by atoms with Crippen molar-refractivity contribution in [1.29, 1.82) is 0 Å². The molecule has 2 N–H and O–H groups in total. The fourth-order valence-corrected chi connectivity index (χ4v) is 1.49. The van der Waals surface area contributed by atoms with Gasteiger partial charge in [-0.1, -0.05) is 25.4 Å². The lowest BCUT2D eigenvalue weighted by Crippen LogP contribution is -2.29. The summed E-state index contributed by atoms with van der Waals surface area (Å²) in [5.41, 5.74) is 0.688. The first-order valence-electron chi connectivity index (χ1n) is 5.22. The minimum Gasteiger partial charge on any atom is -0.396 e. The molecule has 1 amide bonds. The van der Waals surface area contributed by atoms with Crippen LogP contribution in [-0.4, -0.2) is 17.6 Å². The number of anilines is 1. The number of hydrogen-bond acceptors (Lipinski definition) is 2. The molecule has 4 heteroatoms. The molecule has 1 aromatic rings. The Hall–Kier alpha value is -1.06. The van der Waals surface area contributed by atoms with E-state index in [1.165, 1.54) is 0 Å². The molecule has 3 nitrogen and oxygen atoms in total. The summed E-state index contributed by atoms with van der Waals surface area (Å²) in [6.45, 7) is 3.67. The van der Waals surface area contributed by atoms with Crippen molar-refractivity contribution < 1.29 is 9.90 Å². The van der Waals surface area contributed by atoms with Crippen LogP contribution in [0, 0.1) is 11.8 Å². The molecule has 0 fully saturated rings. The highest BCUT2D eigenvalue weighted by molar-refractivity contribution is 6.30. The molecular weight excluding hydrogens is 226 g/mol. The van der Waals surface area contributed by atoms with Crippen LogP contribution in [-0.2, 0) is 4.79 Å². The molecule has 0 radical (unpaired) electrons. The number of hydrogen-bond donors (Lipinski definition) is 2. The second-order valence-electron chi connectivity index (χ2n) is 4.03. The van der Waals surface area contributed by atoms with E-state index >= 15 is 0 Å². The van der Waals surface area contributed by atoms with Gasteiger partial charge in [0, 0.05) is 10.7 Å². The SMILES string of the molecule is CC(C)C(CO)C(=O)Nc1ccc(Cl)cc1. The summed E-state index contributed by atoms with van der Waals surface area (Å²) in [4.78, 5) is 11.8. The molecular formula is C12H16ClNO2. The van der Waals surface area contributed by atoms with Gasteiger partial charge in [0.25, 0.3) is 0 Å². The number of rotatable bonds is 4. The number of carbonyl (C=O) groups excluding carboxylic acids is 1. The average Bonchev–Trinajstić information content (AvgIpc) is 2.22. The van der Waals surface area contributed by atoms with Crippen molar-refractivity contribution in [2.75, 3.05) is 11.9 Å². The van der Waals surface area contributed by atoms with Gasteiger partial charge in [-0.25, -0.2) is 0 Å². The zero-order valence-electron chi connectivity index (χ0n) is 9.40. The van der Waals surface area contributed by atoms with Crippen molar-refractivity contribution >= 4 is 23.2 Å². The van der Waals surface area contributed by atoms with Crippen LogP contribution in [0.25, 0.3) is 0 Å². The van der Waals surface area contributed by atoms with Crippen molar-refractivity contribution in [3.05, 3.63) is 29.3 Å². The Bertz CT molecular complexity index is 349. The molecule has 16 heavy (non-hydrogen) atoms. The lowest BCUT2D eigenvalue weighted by atomic mass is 9.96. The first-order chi connectivity index (χ1) is 7.54. The molecule has 0 aliphatic rings. The first-order valence-corrected chi connectivity index (χ1v) is 5.59. The van der Waals surface area contributed by atoms with Crippen molar-refractivity contribution in [2.24, 2.45) is 11.8 Å². The molecule has 0 saturated heterocycles. The van der Waals surface area contributed by atoms with Crippen molar-refractivity contribution in [3.8, 4) is 0 Å². The van der Waals surface area contributed by atoms with E-state index in [1.807, 2.05) is 13.8 Å². The standard InChI is InChI=1S/C12H16ClNO2/c1-8(2)11(7-15)12(16)14-10-5-3-9(13)4-6-10/h3-6,8,11,15H,7H2,1-2H3,(H,14,16). The molecule has 0 heterocycles. The topological polar surface area (TPSA) is 49.3 Å². The predicted octanol–water partition coefficient (Wildman–Crippen LogP) is 2.54. The van der Waals surface area contributed by atoms with E-state index in [4.69, 9.17) is 16.7 Å². The summed E-state index contributed by atoms with van der Waals surface area (Å²) in [5.74, 6) is -0.437. The quantitative estimate of drug-likeness (QED) is 0.851. The number of carbonyl (C=O) groups is 1. The van der Waals surface area contributed by atoms with E-state index in [2.05, 4.69) is 5.32 Å². The lowest BCUT2D eigenvalue weighted by molar-refractivity contribution is -0.122. The summed E-state index contributed by atoms with van der Waals surface area (Å²) in [6, 6.07) is 6.88. The van der Waals surface area contributed by atoms with Crippen LogP contribution in [0.1, 0.15) is 13.8 Å². The Morgan fingerprint density at radius 1 is 1.38 bits per heavy atom. The molecule has 0 saturated carbocycles. The first kappa shape index (κ1) is 13.0. The van der Waals surface area contributed by atoms with Crippen molar-refractivity contribution in [1.82, 2.24) is 0 Å². The largest absolute Gasteiger partial charge is 0.396 e.